The van der Waals surface area contributed by atoms with E-state index in [9.17, 15) is 22.2 Å². The Morgan fingerprint density at radius 2 is 2.03 bits per heavy atom. The number of nitrogens with zero attached hydrogens (tertiary/aromatic N) is 4. The summed E-state index contributed by atoms with van der Waals surface area (Å²) in [6, 6.07) is 12.0. The zero-order valence-corrected chi connectivity index (χ0v) is 22.9. The Morgan fingerprint density at radius 3 is 2.82 bits per heavy atom. The van der Waals surface area contributed by atoms with E-state index in [0.717, 1.165) is 16.9 Å². The Bertz CT molecular complexity index is 1530. The van der Waals surface area contributed by atoms with Gasteiger partial charge in [0, 0.05) is 11.6 Å². The quantitative estimate of drug-likeness (QED) is 0.205. The number of hydrogen-bond acceptors (Lipinski definition) is 10. The fourth-order valence-electron chi connectivity index (χ4n) is 3.38. The summed E-state index contributed by atoms with van der Waals surface area (Å²) in [5.41, 5.74) is 1.72. The first-order valence-electron chi connectivity index (χ1n) is 11.5. The number of sulfonamides is 1. The SMILES string of the molecule is NS(=O)(=O)c1nc2cc(OCc3cn(CC(=O)NCC[S+]([O-])Cc4cccc(OCCF)c4)nn3)ccc2s1. The molecule has 2 aromatic carbocycles. The Kier molecular flexibility index (Phi) is 9.68. The van der Waals surface area contributed by atoms with Crippen LogP contribution in [0.15, 0.2) is 53.0 Å². The molecule has 4 aromatic rings. The molecule has 1 amide bonds. The van der Waals surface area contributed by atoms with Crippen molar-refractivity contribution in [3.63, 3.8) is 0 Å². The molecule has 1 unspecified atom stereocenters. The van der Waals surface area contributed by atoms with Gasteiger partial charge in [0.05, 0.1) is 23.0 Å². The van der Waals surface area contributed by atoms with Gasteiger partial charge in [-0.05, 0) is 35.4 Å². The highest BCUT2D eigenvalue weighted by atomic mass is 32.2. The van der Waals surface area contributed by atoms with Crippen LogP contribution < -0.4 is 19.9 Å². The third kappa shape index (κ3) is 8.59. The highest BCUT2D eigenvalue weighted by molar-refractivity contribution is 7.91. The van der Waals surface area contributed by atoms with Gasteiger partial charge in [-0.2, -0.15) is 0 Å². The summed E-state index contributed by atoms with van der Waals surface area (Å²) in [7, 11) is -3.88. The number of halogens is 1. The van der Waals surface area contributed by atoms with Crippen LogP contribution >= 0.6 is 11.3 Å². The monoisotopic (exact) mass is 596 g/mol. The minimum atomic E-state index is -3.88. The third-order valence-electron chi connectivity index (χ3n) is 5.09. The van der Waals surface area contributed by atoms with Crippen LogP contribution in [0.5, 0.6) is 11.5 Å². The van der Waals surface area contributed by atoms with E-state index in [0.29, 0.717) is 27.4 Å². The van der Waals surface area contributed by atoms with Gasteiger partial charge in [0.2, 0.25) is 10.2 Å². The molecule has 3 N–H and O–H groups in total. The van der Waals surface area contributed by atoms with Crippen molar-refractivity contribution in [2.75, 3.05) is 25.6 Å². The standard InChI is InChI=1S/C23H25FN6O6S3/c24-6-8-35-18-3-1-2-16(10-18)15-38(32)9-7-26-22(31)13-30-12-17(28-29-30)14-36-19-4-5-21-20(11-19)27-23(37-21)39(25,33)34/h1-5,10-12H,6-9,13-15H2,(H,26,31)(H2,25,33,34). The number of hydrogen-bond donors (Lipinski definition) is 2. The van der Waals surface area contributed by atoms with Crippen molar-refractivity contribution in [1.29, 1.82) is 0 Å². The highest BCUT2D eigenvalue weighted by Gasteiger charge is 2.15. The molecule has 0 aliphatic heterocycles. The molecule has 0 radical (unpaired) electrons. The largest absolute Gasteiger partial charge is 0.616 e. The summed E-state index contributed by atoms with van der Waals surface area (Å²) in [6.07, 6.45) is 1.57. The Morgan fingerprint density at radius 1 is 1.21 bits per heavy atom. The first-order valence-corrected chi connectivity index (χ1v) is 15.4. The van der Waals surface area contributed by atoms with E-state index in [4.69, 9.17) is 14.6 Å². The van der Waals surface area contributed by atoms with Crippen molar-refractivity contribution in [1.82, 2.24) is 25.3 Å². The molecule has 4 rings (SSSR count). The second-order valence-electron chi connectivity index (χ2n) is 8.17. The van der Waals surface area contributed by atoms with E-state index >= 15 is 0 Å². The van der Waals surface area contributed by atoms with Crippen LogP contribution in [-0.4, -0.2) is 64.4 Å². The molecule has 208 valence electrons. The molecule has 2 aromatic heterocycles. The number of benzene rings is 2. The molecule has 0 bridgehead atoms. The summed E-state index contributed by atoms with van der Waals surface area (Å²) >= 11 is -0.241. The smallest absolute Gasteiger partial charge is 0.265 e. The van der Waals surface area contributed by atoms with E-state index in [1.807, 2.05) is 6.07 Å². The number of primary sulfonamides is 1. The van der Waals surface area contributed by atoms with Gasteiger partial charge in [0.15, 0.2) is 0 Å². The number of nitrogens with two attached hydrogens (primary N) is 1. The maximum absolute atomic E-state index is 12.4. The summed E-state index contributed by atoms with van der Waals surface area (Å²) in [4.78, 5) is 16.3. The van der Waals surface area contributed by atoms with E-state index < -0.39 is 27.9 Å². The van der Waals surface area contributed by atoms with Crippen LogP contribution in [0.1, 0.15) is 11.3 Å². The number of nitrogens with one attached hydrogen (secondary N) is 1. The van der Waals surface area contributed by atoms with Crippen molar-refractivity contribution in [3.05, 3.63) is 59.9 Å². The molecule has 39 heavy (non-hydrogen) atoms. The molecule has 1 atom stereocenters. The minimum absolute atomic E-state index is 0.0332. The topological polar surface area (TPSA) is 174 Å². The van der Waals surface area contributed by atoms with Crippen molar-refractivity contribution in [2.45, 2.75) is 23.2 Å². The first kappa shape index (κ1) is 28.7. The van der Waals surface area contributed by atoms with Crippen LogP contribution in [-0.2, 0) is 44.9 Å². The number of carbonyl (C=O) groups excluding carboxylic acids is 1. The number of alkyl halides is 1. The molecule has 2 heterocycles. The molecule has 0 aliphatic rings. The number of thiazole rings is 1. The van der Waals surface area contributed by atoms with Crippen molar-refractivity contribution < 1.29 is 31.6 Å². The second-order valence-corrected chi connectivity index (χ2v) is 12.5. The zero-order valence-electron chi connectivity index (χ0n) is 20.5. The lowest BCUT2D eigenvalue weighted by atomic mass is 10.2. The van der Waals surface area contributed by atoms with Crippen LogP contribution in [0.25, 0.3) is 10.2 Å². The maximum atomic E-state index is 12.4. The normalized spacial score (nSPS) is 12.4. The summed E-state index contributed by atoms with van der Waals surface area (Å²) in [6.45, 7) is -0.403. The number of fused-ring (bicyclic) bond motifs is 1. The fraction of sp³-hybridized carbons (Fsp3) is 0.304. The molecule has 12 nitrogen and oxygen atoms in total. The summed E-state index contributed by atoms with van der Waals surface area (Å²) in [5, 5.41) is 15.7. The van der Waals surface area contributed by atoms with Crippen LogP contribution in [0.3, 0.4) is 0 Å². The number of rotatable bonds is 14. The average Bonchev–Trinajstić information content (AvgIpc) is 3.53. The molecular formula is C23H25FN6O6S3. The molecule has 0 spiro atoms. The van der Waals surface area contributed by atoms with Crippen LogP contribution in [0, 0.1) is 0 Å². The van der Waals surface area contributed by atoms with E-state index in [-0.39, 0.29) is 48.1 Å². The predicted octanol–water partition coefficient (Wildman–Crippen LogP) is 1.53. The Hall–Kier alpha value is -3.31. The van der Waals surface area contributed by atoms with Gasteiger partial charge in [0.1, 0.15) is 55.1 Å². The van der Waals surface area contributed by atoms with Crippen LogP contribution in [0.2, 0.25) is 0 Å². The molecule has 0 fully saturated rings. The molecule has 16 heteroatoms. The van der Waals surface area contributed by atoms with Gasteiger partial charge in [-0.25, -0.2) is 27.6 Å². The van der Waals surface area contributed by atoms with Gasteiger partial charge in [0.25, 0.3) is 10.0 Å². The number of aromatic nitrogens is 4. The van der Waals surface area contributed by atoms with E-state index in [1.165, 1.54) is 4.68 Å². The maximum Gasteiger partial charge on any atom is 0.265 e. The van der Waals surface area contributed by atoms with Gasteiger partial charge < -0.3 is 19.3 Å². The number of carbonyl (C=O) groups is 1. The minimum Gasteiger partial charge on any atom is -0.616 e. The molecule has 0 aliphatic carbocycles. The predicted molar refractivity (Wildman–Crippen MR) is 143 cm³/mol. The molecule has 0 saturated carbocycles. The number of ether oxygens (including phenoxy) is 2. The highest BCUT2D eigenvalue weighted by Crippen LogP contribution is 2.28. The zero-order chi connectivity index (χ0) is 27.8. The van der Waals surface area contributed by atoms with Crippen LogP contribution in [0.4, 0.5) is 4.39 Å². The fourth-order valence-corrected chi connectivity index (χ4v) is 6.05. The lowest BCUT2D eigenvalue weighted by Gasteiger charge is -2.12. The van der Waals surface area contributed by atoms with E-state index in [1.54, 1.807) is 42.6 Å². The van der Waals surface area contributed by atoms with E-state index in [2.05, 4.69) is 20.6 Å². The lowest BCUT2D eigenvalue weighted by Crippen LogP contribution is -2.32. The van der Waals surface area contributed by atoms with Gasteiger partial charge in [-0.15, -0.1) is 16.4 Å². The third-order valence-corrected chi connectivity index (χ3v) is 8.76. The van der Waals surface area contributed by atoms with Gasteiger partial charge >= 0.3 is 0 Å². The first-order chi connectivity index (χ1) is 18.7. The lowest BCUT2D eigenvalue weighted by molar-refractivity contribution is -0.121. The van der Waals surface area contributed by atoms with Gasteiger partial charge in [-0.1, -0.05) is 17.3 Å². The molecular weight excluding hydrogens is 571 g/mol. The second kappa shape index (κ2) is 13.2. The summed E-state index contributed by atoms with van der Waals surface area (Å²) < 4.78 is 60.4. The average molecular weight is 597 g/mol. The van der Waals surface area contributed by atoms with Crippen molar-refractivity contribution in [2.24, 2.45) is 5.14 Å². The number of amides is 1. The van der Waals surface area contributed by atoms with Gasteiger partial charge in [-0.3, -0.25) is 4.79 Å². The Balaban J connectivity index is 1.19. The molecule has 0 saturated heterocycles. The van der Waals surface area contributed by atoms with Crippen molar-refractivity contribution in [3.8, 4) is 11.5 Å². The van der Waals surface area contributed by atoms with Crippen molar-refractivity contribution >= 4 is 48.7 Å². The Labute approximate surface area is 230 Å². The summed E-state index contributed by atoms with van der Waals surface area (Å²) in [5.74, 6) is 1.21.